The largest absolute Gasteiger partial charge is 0.516 e. The Morgan fingerprint density at radius 2 is 1.67 bits per heavy atom. The molecule has 18 heavy (non-hydrogen) atoms. The Labute approximate surface area is 111 Å². The topological polar surface area (TPSA) is 26.3 Å². The summed E-state index contributed by atoms with van der Waals surface area (Å²) >= 11 is 0. The van der Waals surface area contributed by atoms with Gasteiger partial charge in [-0.2, -0.15) is 0 Å². The van der Waals surface area contributed by atoms with Gasteiger partial charge >= 0.3 is 5.97 Å². The second-order valence-corrected chi connectivity index (χ2v) is 9.15. The van der Waals surface area contributed by atoms with Crippen molar-refractivity contribution < 1.29 is 9.22 Å². The molecule has 0 aliphatic rings. The molecular formula is C15H22O2Si. The summed E-state index contributed by atoms with van der Waals surface area (Å²) < 4.78 is 5.82. The second-order valence-electron chi connectivity index (χ2n) is 4.46. The summed E-state index contributed by atoms with van der Waals surface area (Å²) in [6, 6.07) is 10.3. The number of hydrogen-bond donors (Lipinski definition) is 0. The second kappa shape index (κ2) is 6.54. The van der Waals surface area contributed by atoms with Crippen LogP contribution in [-0.2, 0) is 4.43 Å². The Balaban J connectivity index is 2.83. The number of carbonyl (C=O) groups excluding carboxylic acids is 1. The van der Waals surface area contributed by atoms with Crippen molar-refractivity contribution in [3.05, 3.63) is 42.0 Å². The molecule has 0 fully saturated rings. The maximum atomic E-state index is 12.1. The third kappa shape index (κ3) is 3.32. The molecule has 3 heteroatoms. The lowest BCUT2D eigenvalue weighted by atomic mass is 10.1. The van der Waals surface area contributed by atoms with Gasteiger partial charge in [-0.3, -0.25) is 0 Å². The standard InChI is InChI=1S/C15H22O2Si/c1-5-13-9-11-14(12-10-13)15(16)17-18(6-2,7-3)8-4/h5,9-12H,1,6-8H2,2-4H3. The molecule has 1 rings (SSSR count). The van der Waals surface area contributed by atoms with E-state index in [2.05, 4.69) is 27.4 Å². The van der Waals surface area contributed by atoms with Crippen molar-refractivity contribution in [2.75, 3.05) is 0 Å². The summed E-state index contributed by atoms with van der Waals surface area (Å²) in [5.74, 6) is -0.178. The third-order valence-corrected chi connectivity index (χ3v) is 8.11. The van der Waals surface area contributed by atoms with E-state index in [-0.39, 0.29) is 5.97 Å². The molecule has 0 aliphatic carbocycles. The predicted octanol–water partition coefficient (Wildman–Crippen LogP) is 4.49. The molecule has 1 aromatic rings. The van der Waals surface area contributed by atoms with Crippen LogP contribution in [0.3, 0.4) is 0 Å². The van der Waals surface area contributed by atoms with Gasteiger partial charge in [-0.25, -0.2) is 4.79 Å². The third-order valence-electron chi connectivity index (χ3n) is 3.62. The van der Waals surface area contributed by atoms with Gasteiger partial charge in [-0.05, 0) is 35.8 Å². The molecule has 0 saturated carbocycles. The molecule has 0 heterocycles. The van der Waals surface area contributed by atoms with E-state index < -0.39 is 8.32 Å². The summed E-state index contributed by atoms with van der Waals surface area (Å²) in [6.45, 7) is 10.1. The van der Waals surface area contributed by atoms with E-state index in [0.29, 0.717) is 5.56 Å². The van der Waals surface area contributed by atoms with Gasteiger partial charge < -0.3 is 4.43 Å². The van der Waals surface area contributed by atoms with Crippen molar-refractivity contribution in [3.8, 4) is 0 Å². The maximum absolute atomic E-state index is 12.1. The highest BCUT2D eigenvalue weighted by Crippen LogP contribution is 2.23. The lowest BCUT2D eigenvalue weighted by molar-refractivity contribution is 0.0717. The predicted molar refractivity (Wildman–Crippen MR) is 79.1 cm³/mol. The summed E-state index contributed by atoms with van der Waals surface area (Å²) in [6.07, 6.45) is 1.76. The van der Waals surface area contributed by atoms with Crippen LogP contribution in [-0.4, -0.2) is 14.3 Å². The number of rotatable bonds is 6. The van der Waals surface area contributed by atoms with Crippen molar-refractivity contribution in [2.45, 2.75) is 38.9 Å². The zero-order valence-electron chi connectivity index (χ0n) is 11.5. The van der Waals surface area contributed by atoms with Crippen LogP contribution in [0.2, 0.25) is 18.1 Å². The van der Waals surface area contributed by atoms with E-state index in [0.717, 1.165) is 23.7 Å². The van der Waals surface area contributed by atoms with E-state index >= 15 is 0 Å². The highest BCUT2D eigenvalue weighted by atomic mass is 28.4. The van der Waals surface area contributed by atoms with Crippen LogP contribution >= 0.6 is 0 Å². The Morgan fingerprint density at radius 3 is 2.06 bits per heavy atom. The van der Waals surface area contributed by atoms with Crippen LogP contribution in [0, 0.1) is 0 Å². The van der Waals surface area contributed by atoms with Gasteiger partial charge in [0.1, 0.15) is 0 Å². The first-order valence-electron chi connectivity index (χ1n) is 6.56. The average molecular weight is 262 g/mol. The molecular weight excluding hydrogens is 240 g/mol. The molecule has 0 atom stereocenters. The first-order valence-corrected chi connectivity index (χ1v) is 9.09. The summed E-state index contributed by atoms with van der Waals surface area (Å²) in [5, 5.41) is 0. The fourth-order valence-electron chi connectivity index (χ4n) is 1.98. The highest BCUT2D eigenvalue weighted by Gasteiger charge is 2.33. The zero-order valence-corrected chi connectivity index (χ0v) is 12.5. The first-order chi connectivity index (χ1) is 8.60. The van der Waals surface area contributed by atoms with E-state index in [1.54, 1.807) is 18.2 Å². The quantitative estimate of drug-likeness (QED) is 0.706. The van der Waals surface area contributed by atoms with Gasteiger partial charge in [0.05, 0.1) is 5.56 Å². The number of benzene rings is 1. The van der Waals surface area contributed by atoms with Gasteiger partial charge in [-0.1, -0.05) is 45.6 Å². The van der Waals surface area contributed by atoms with Gasteiger partial charge in [0.2, 0.25) is 0 Å². The number of carbonyl (C=O) groups is 1. The SMILES string of the molecule is C=Cc1ccc(C(=O)O[Si](CC)(CC)CC)cc1. The monoisotopic (exact) mass is 262 g/mol. The van der Waals surface area contributed by atoms with Gasteiger partial charge in [0.25, 0.3) is 8.32 Å². The Bertz CT molecular complexity index is 397. The molecule has 98 valence electrons. The van der Waals surface area contributed by atoms with Crippen molar-refractivity contribution in [1.29, 1.82) is 0 Å². The molecule has 0 spiro atoms. The van der Waals surface area contributed by atoms with E-state index in [1.165, 1.54) is 0 Å². The van der Waals surface area contributed by atoms with Crippen molar-refractivity contribution in [2.24, 2.45) is 0 Å². The van der Waals surface area contributed by atoms with Crippen LogP contribution in [0.4, 0.5) is 0 Å². The molecule has 0 radical (unpaired) electrons. The van der Waals surface area contributed by atoms with E-state index in [9.17, 15) is 4.79 Å². The van der Waals surface area contributed by atoms with Crippen LogP contribution in [0.5, 0.6) is 0 Å². The fourth-order valence-corrected chi connectivity index (χ4v) is 4.42. The zero-order chi connectivity index (χ0) is 13.6. The van der Waals surface area contributed by atoms with E-state index in [4.69, 9.17) is 4.43 Å². The van der Waals surface area contributed by atoms with Crippen LogP contribution < -0.4 is 0 Å². The molecule has 0 aliphatic heterocycles. The minimum absolute atomic E-state index is 0.178. The van der Waals surface area contributed by atoms with Gasteiger partial charge in [0, 0.05) is 0 Å². The molecule has 0 N–H and O–H groups in total. The minimum Gasteiger partial charge on any atom is -0.516 e. The number of hydrogen-bond acceptors (Lipinski definition) is 2. The highest BCUT2D eigenvalue weighted by molar-refractivity contribution is 6.75. The molecule has 1 aromatic carbocycles. The van der Waals surface area contributed by atoms with Crippen molar-refractivity contribution >= 4 is 20.4 Å². The Kier molecular flexibility index (Phi) is 5.35. The maximum Gasteiger partial charge on any atom is 0.324 e. The van der Waals surface area contributed by atoms with Gasteiger partial charge in [-0.15, -0.1) is 0 Å². The average Bonchev–Trinajstić information content (AvgIpc) is 2.45. The van der Waals surface area contributed by atoms with Crippen molar-refractivity contribution in [3.63, 3.8) is 0 Å². The normalized spacial score (nSPS) is 11.1. The molecule has 0 aromatic heterocycles. The molecule has 0 unspecified atom stereocenters. The minimum atomic E-state index is -1.85. The van der Waals surface area contributed by atoms with E-state index in [1.807, 2.05) is 12.1 Å². The fraction of sp³-hybridized carbons (Fsp3) is 0.400. The summed E-state index contributed by atoms with van der Waals surface area (Å²) in [7, 11) is -1.85. The lowest BCUT2D eigenvalue weighted by Gasteiger charge is -2.27. The Morgan fingerprint density at radius 1 is 1.17 bits per heavy atom. The summed E-state index contributed by atoms with van der Waals surface area (Å²) in [5.41, 5.74) is 1.64. The van der Waals surface area contributed by atoms with Crippen LogP contribution in [0.15, 0.2) is 30.8 Å². The molecule has 0 saturated heterocycles. The van der Waals surface area contributed by atoms with Crippen LogP contribution in [0.1, 0.15) is 36.7 Å². The van der Waals surface area contributed by atoms with Crippen molar-refractivity contribution in [1.82, 2.24) is 0 Å². The van der Waals surface area contributed by atoms with Gasteiger partial charge in [0.15, 0.2) is 0 Å². The summed E-state index contributed by atoms with van der Waals surface area (Å²) in [4.78, 5) is 12.1. The molecule has 2 nitrogen and oxygen atoms in total. The molecule has 0 amide bonds. The Hall–Kier alpha value is -1.35. The molecule has 0 bridgehead atoms. The van der Waals surface area contributed by atoms with Crippen LogP contribution in [0.25, 0.3) is 6.08 Å². The first kappa shape index (κ1) is 14.7. The lowest BCUT2D eigenvalue weighted by Crippen LogP contribution is -2.38. The smallest absolute Gasteiger partial charge is 0.324 e.